The molecule has 0 saturated heterocycles. The van der Waals surface area contributed by atoms with E-state index in [0.717, 1.165) is 49.6 Å². The number of rotatable bonds is 4. The highest BCUT2D eigenvalue weighted by atomic mass is 16.2. The van der Waals surface area contributed by atoms with Crippen LogP contribution in [0.5, 0.6) is 0 Å². The van der Waals surface area contributed by atoms with Crippen molar-refractivity contribution in [1.29, 1.82) is 10.5 Å². The number of fused-ring (bicyclic) bond motifs is 4. The average molecular weight is 635 g/mol. The molecule has 8 nitrogen and oxygen atoms in total. The van der Waals surface area contributed by atoms with Crippen molar-refractivity contribution in [3.8, 4) is 40.1 Å². The molecule has 0 radical (unpaired) electrons. The number of pyridine rings is 2. The van der Waals surface area contributed by atoms with Gasteiger partial charge >= 0.3 is 0 Å². The van der Waals surface area contributed by atoms with Gasteiger partial charge in [0.2, 0.25) is 0 Å². The summed E-state index contributed by atoms with van der Waals surface area (Å²) in [7, 11) is 0. The second-order valence-electron chi connectivity index (χ2n) is 12.2. The fourth-order valence-electron chi connectivity index (χ4n) is 7.41. The van der Waals surface area contributed by atoms with E-state index in [1.165, 1.54) is 4.90 Å². The van der Waals surface area contributed by atoms with Crippen LogP contribution in [-0.2, 0) is 0 Å². The summed E-state index contributed by atoms with van der Waals surface area (Å²) in [6.45, 7) is 5.82. The summed E-state index contributed by atoms with van der Waals surface area (Å²) in [6, 6.07) is 28.9. The van der Waals surface area contributed by atoms with Gasteiger partial charge in [-0.15, -0.1) is 0 Å². The first-order valence-corrected chi connectivity index (χ1v) is 15.7. The third-order valence-corrected chi connectivity index (χ3v) is 9.27. The van der Waals surface area contributed by atoms with Gasteiger partial charge < -0.3 is 4.57 Å². The first kappa shape index (κ1) is 29.5. The van der Waals surface area contributed by atoms with Crippen LogP contribution in [0.1, 0.15) is 48.5 Å². The Kier molecular flexibility index (Phi) is 6.69. The Morgan fingerprint density at radius 1 is 0.612 bits per heavy atom. The molecule has 0 aliphatic carbocycles. The lowest BCUT2D eigenvalue weighted by Gasteiger charge is -2.20. The lowest BCUT2D eigenvalue weighted by Crippen LogP contribution is -2.31. The molecule has 8 rings (SSSR count). The first-order chi connectivity index (χ1) is 23.8. The number of carbonyl (C=O) groups excluding carboxylic acids is 2. The Labute approximate surface area is 281 Å². The van der Waals surface area contributed by atoms with Gasteiger partial charge in [0.1, 0.15) is 0 Å². The number of amides is 2. The molecule has 49 heavy (non-hydrogen) atoms. The number of nitriles is 2. The zero-order chi connectivity index (χ0) is 34.0. The maximum atomic E-state index is 14.5. The van der Waals surface area contributed by atoms with Crippen molar-refractivity contribution in [3.05, 3.63) is 143 Å². The summed E-state index contributed by atoms with van der Waals surface area (Å²) < 4.78 is 2.00. The van der Waals surface area contributed by atoms with Crippen LogP contribution in [0.25, 0.3) is 49.7 Å². The zero-order valence-electron chi connectivity index (χ0n) is 26.8. The standard InChI is InChI=1S/C41H26N6O2/c1-23-17-24(2)39(25(3)18-23)47-40(48)30-9-6-12-35(38(30)41(47)49)46-33-10-4-7-28(31-21-44-15-13-26(31)19-42)36(33)37-29(8-5-11-34(37)46)32-22-45-16-14-27(32)20-43/h4-18,21-22H,1-3H3. The highest BCUT2D eigenvalue weighted by Crippen LogP contribution is 2.45. The number of nitrogens with zero attached hydrogens (tertiary/aromatic N) is 6. The van der Waals surface area contributed by atoms with E-state index in [0.29, 0.717) is 44.8 Å². The smallest absolute Gasteiger partial charge is 0.268 e. The second kappa shape index (κ2) is 11.1. The third kappa shape index (κ3) is 4.28. The van der Waals surface area contributed by atoms with Crippen LogP contribution in [0.2, 0.25) is 0 Å². The fourth-order valence-corrected chi connectivity index (χ4v) is 7.41. The van der Waals surface area contributed by atoms with E-state index >= 15 is 0 Å². The van der Waals surface area contributed by atoms with Gasteiger partial charge in [0.15, 0.2) is 0 Å². The monoisotopic (exact) mass is 634 g/mol. The van der Waals surface area contributed by atoms with Crippen molar-refractivity contribution in [2.45, 2.75) is 20.8 Å². The van der Waals surface area contributed by atoms with Gasteiger partial charge in [-0.25, -0.2) is 4.90 Å². The van der Waals surface area contributed by atoms with Crippen molar-refractivity contribution < 1.29 is 9.59 Å². The molecule has 0 N–H and O–H groups in total. The summed E-state index contributed by atoms with van der Waals surface area (Å²) in [5, 5.41) is 21.8. The number of hydrogen-bond acceptors (Lipinski definition) is 6. The molecule has 0 unspecified atom stereocenters. The van der Waals surface area contributed by atoms with Crippen molar-refractivity contribution in [2.24, 2.45) is 0 Å². The SMILES string of the molecule is Cc1cc(C)c(N2C(=O)c3cccc(-n4c5cccc(-c6cnccc6C#N)c5c5c(-c6cnccc6C#N)cccc54)c3C2=O)c(C)c1. The van der Waals surface area contributed by atoms with Gasteiger partial charge in [-0.3, -0.25) is 19.6 Å². The van der Waals surface area contributed by atoms with Gasteiger partial charge in [-0.1, -0.05) is 48.0 Å². The van der Waals surface area contributed by atoms with Crippen LogP contribution in [0.3, 0.4) is 0 Å². The summed E-state index contributed by atoms with van der Waals surface area (Å²) >= 11 is 0. The molecule has 0 fully saturated rings. The molecule has 1 aliphatic heterocycles. The minimum absolute atomic E-state index is 0.305. The van der Waals surface area contributed by atoms with Crippen LogP contribution < -0.4 is 4.90 Å². The van der Waals surface area contributed by atoms with Crippen LogP contribution >= 0.6 is 0 Å². The van der Waals surface area contributed by atoms with Crippen LogP contribution in [0.15, 0.2) is 104 Å². The number of aryl methyl sites for hydroxylation is 3. The molecule has 8 heteroatoms. The first-order valence-electron chi connectivity index (χ1n) is 15.7. The van der Waals surface area contributed by atoms with E-state index in [4.69, 9.17) is 0 Å². The van der Waals surface area contributed by atoms with Crippen LogP contribution in [0, 0.1) is 43.4 Å². The number of carbonyl (C=O) groups is 2. The summed E-state index contributed by atoms with van der Waals surface area (Å²) in [5.74, 6) is -0.770. The van der Waals surface area contributed by atoms with Gasteiger partial charge in [0.05, 0.1) is 56.8 Å². The molecule has 0 bridgehead atoms. The number of imide groups is 1. The largest absolute Gasteiger partial charge is 0.308 e. The van der Waals surface area contributed by atoms with Gasteiger partial charge in [-0.05, 0) is 79.4 Å². The Morgan fingerprint density at radius 3 is 1.65 bits per heavy atom. The lowest BCUT2D eigenvalue weighted by molar-refractivity contribution is 0.0925. The second-order valence-corrected chi connectivity index (χ2v) is 12.2. The molecular formula is C41H26N6O2. The maximum Gasteiger partial charge on any atom is 0.268 e. The Hall–Kier alpha value is -6.90. The molecule has 0 atom stereocenters. The molecule has 0 spiro atoms. The summed E-state index contributed by atoms with van der Waals surface area (Å²) in [4.78, 5) is 38.6. The summed E-state index contributed by atoms with van der Waals surface area (Å²) in [5.41, 5.74) is 9.77. The minimum Gasteiger partial charge on any atom is -0.308 e. The number of anilines is 1. The maximum absolute atomic E-state index is 14.5. The molecule has 4 heterocycles. The Morgan fingerprint density at radius 2 is 1.12 bits per heavy atom. The van der Waals surface area contributed by atoms with Crippen molar-refractivity contribution in [1.82, 2.24) is 14.5 Å². The van der Waals surface area contributed by atoms with Gasteiger partial charge in [-0.2, -0.15) is 10.5 Å². The van der Waals surface area contributed by atoms with E-state index in [1.54, 1.807) is 49.1 Å². The zero-order valence-corrected chi connectivity index (χ0v) is 26.8. The number of benzene rings is 4. The predicted molar refractivity (Wildman–Crippen MR) is 188 cm³/mol. The van der Waals surface area contributed by atoms with Gasteiger partial charge in [0, 0.05) is 46.7 Å². The molecule has 1 aliphatic rings. The van der Waals surface area contributed by atoms with Crippen LogP contribution in [-0.4, -0.2) is 26.3 Å². The van der Waals surface area contributed by atoms with E-state index in [9.17, 15) is 20.1 Å². The normalized spacial score (nSPS) is 12.4. The van der Waals surface area contributed by atoms with E-state index in [2.05, 4.69) is 22.1 Å². The molecule has 3 aromatic heterocycles. The summed E-state index contributed by atoms with van der Waals surface area (Å²) in [6.07, 6.45) is 6.53. The molecule has 4 aromatic carbocycles. The molecule has 232 valence electrons. The van der Waals surface area contributed by atoms with E-state index in [-0.39, 0.29) is 5.91 Å². The fraction of sp³-hybridized carbons (Fsp3) is 0.0732. The highest BCUT2D eigenvalue weighted by Gasteiger charge is 2.40. The van der Waals surface area contributed by atoms with E-state index < -0.39 is 5.91 Å². The molecule has 2 amide bonds. The molecule has 0 saturated carbocycles. The van der Waals surface area contributed by atoms with Gasteiger partial charge in [0.25, 0.3) is 11.8 Å². The lowest BCUT2D eigenvalue weighted by atomic mass is 9.93. The Balaban J connectivity index is 1.49. The average Bonchev–Trinajstić information content (AvgIpc) is 3.59. The predicted octanol–water partition coefficient (Wildman–Crippen LogP) is 8.38. The molecule has 7 aromatic rings. The Bertz CT molecular complexity index is 2530. The topological polar surface area (TPSA) is 116 Å². The van der Waals surface area contributed by atoms with E-state index in [1.807, 2.05) is 79.9 Å². The minimum atomic E-state index is -0.397. The van der Waals surface area contributed by atoms with Crippen molar-refractivity contribution in [3.63, 3.8) is 0 Å². The van der Waals surface area contributed by atoms with Crippen molar-refractivity contribution >= 4 is 39.3 Å². The molecular weight excluding hydrogens is 608 g/mol. The van der Waals surface area contributed by atoms with Crippen molar-refractivity contribution in [2.75, 3.05) is 4.90 Å². The third-order valence-electron chi connectivity index (χ3n) is 9.27. The number of hydrogen-bond donors (Lipinski definition) is 0. The van der Waals surface area contributed by atoms with Crippen LogP contribution in [0.4, 0.5) is 5.69 Å². The highest BCUT2D eigenvalue weighted by molar-refractivity contribution is 6.36. The quantitative estimate of drug-likeness (QED) is 0.180. The number of aromatic nitrogens is 3.